The Kier molecular flexibility index (Phi) is 1.76. The van der Waals surface area contributed by atoms with Crippen molar-refractivity contribution < 1.29 is 10.2 Å². The summed E-state index contributed by atoms with van der Waals surface area (Å²) in [6, 6.07) is 4.63. The molecular weight excluding hydrogens is 178 g/mol. The minimum atomic E-state index is 0.0191. The number of hydrogen-bond acceptors (Lipinski definition) is 3. The highest BCUT2D eigenvalue weighted by Crippen LogP contribution is 2.59. The van der Waals surface area contributed by atoms with Gasteiger partial charge in [-0.25, -0.2) is 0 Å². The van der Waals surface area contributed by atoms with Gasteiger partial charge in [-0.2, -0.15) is 0 Å². The summed E-state index contributed by atoms with van der Waals surface area (Å²) in [5, 5.41) is 18.9. The Morgan fingerprint density at radius 1 is 1.29 bits per heavy atom. The van der Waals surface area contributed by atoms with Crippen LogP contribution in [0, 0.1) is 5.41 Å². The first kappa shape index (κ1) is 9.34. The largest absolute Gasteiger partial charge is 0.508 e. The fraction of sp³-hybridized carbons (Fsp3) is 0.455. The lowest BCUT2D eigenvalue weighted by atomic mass is 10.0. The molecule has 1 aromatic rings. The van der Waals surface area contributed by atoms with Crippen LogP contribution in [0.1, 0.15) is 25.3 Å². The highest BCUT2D eigenvalue weighted by molar-refractivity contribution is 5.46. The van der Waals surface area contributed by atoms with Gasteiger partial charge in [0.05, 0.1) is 0 Å². The lowest BCUT2D eigenvalue weighted by Gasteiger charge is -2.05. The van der Waals surface area contributed by atoms with Gasteiger partial charge in [0.25, 0.3) is 0 Å². The average Bonchev–Trinajstić information content (AvgIpc) is 2.58. The molecular formula is C11H15NO2. The topological polar surface area (TPSA) is 66.5 Å². The van der Waals surface area contributed by atoms with Crippen LogP contribution in [-0.4, -0.2) is 16.3 Å². The van der Waals surface area contributed by atoms with E-state index in [1.54, 1.807) is 6.07 Å². The van der Waals surface area contributed by atoms with Gasteiger partial charge in [0.15, 0.2) is 0 Å². The summed E-state index contributed by atoms with van der Waals surface area (Å²) in [6.45, 7) is 4.12. The van der Waals surface area contributed by atoms with E-state index in [4.69, 9.17) is 5.73 Å². The van der Waals surface area contributed by atoms with Crippen molar-refractivity contribution in [2.45, 2.75) is 25.8 Å². The molecule has 1 saturated carbocycles. The molecule has 0 radical (unpaired) electrons. The summed E-state index contributed by atoms with van der Waals surface area (Å²) in [7, 11) is 0. The Morgan fingerprint density at radius 2 is 1.86 bits per heavy atom. The number of phenols is 2. The van der Waals surface area contributed by atoms with E-state index in [2.05, 4.69) is 13.8 Å². The van der Waals surface area contributed by atoms with Gasteiger partial charge < -0.3 is 15.9 Å². The monoisotopic (exact) mass is 193 g/mol. The number of hydrogen-bond donors (Lipinski definition) is 3. The zero-order valence-corrected chi connectivity index (χ0v) is 8.36. The number of rotatable bonds is 1. The minimum Gasteiger partial charge on any atom is -0.508 e. The second-order valence-corrected chi connectivity index (χ2v) is 4.57. The Balaban J connectivity index is 2.39. The fourth-order valence-corrected chi connectivity index (χ4v) is 2.06. The van der Waals surface area contributed by atoms with Gasteiger partial charge in [-0.1, -0.05) is 13.8 Å². The highest BCUT2D eigenvalue weighted by atomic mass is 16.3. The standard InChI is InChI=1S/C11H15NO2/c1-11(2)9(10(11)12)7-5-6(13)3-4-8(7)14/h3-5,9-10,13-14H,12H2,1-2H3/t9-,10-/m1/s1. The van der Waals surface area contributed by atoms with E-state index < -0.39 is 0 Å². The van der Waals surface area contributed by atoms with Gasteiger partial charge in [-0.15, -0.1) is 0 Å². The predicted octanol–water partition coefficient (Wildman–Crippen LogP) is 1.55. The van der Waals surface area contributed by atoms with Crippen LogP contribution in [0.25, 0.3) is 0 Å². The van der Waals surface area contributed by atoms with Crippen LogP contribution in [0.4, 0.5) is 0 Å². The molecule has 1 aliphatic carbocycles. The minimum absolute atomic E-state index is 0.0191. The van der Waals surface area contributed by atoms with Crippen LogP contribution in [0.15, 0.2) is 18.2 Å². The lowest BCUT2D eigenvalue weighted by Crippen LogP contribution is -2.06. The first-order chi connectivity index (χ1) is 6.44. The Labute approximate surface area is 83.2 Å². The zero-order valence-electron chi connectivity index (χ0n) is 8.36. The van der Waals surface area contributed by atoms with Crippen molar-refractivity contribution in [3.05, 3.63) is 23.8 Å². The first-order valence-corrected chi connectivity index (χ1v) is 4.72. The lowest BCUT2D eigenvalue weighted by molar-refractivity contribution is 0.451. The van der Waals surface area contributed by atoms with Crippen molar-refractivity contribution in [2.24, 2.45) is 11.1 Å². The summed E-state index contributed by atoms with van der Waals surface area (Å²) in [5.74, 6) is 0.538. The summed E-state index contributed by atoms with van der Waals surface area (Å²) in [5.41, 5.74) is 6.67. The molecule has 0 aliphatic heterocycles. The zero-order chi connectivity index (χ0) is 10.5. The molecule has 0 saturated heterocycles. The van der Waals surface area contributed by atoms with E-state index in [0.29, 0.717) is 0 Å². The van der Waals surface area contributed by atoms with Gasteiger partial charge in [0, 0.05) is 17.5 Å². The van der Waals surface area contributed by atoms with Gasteiger partial charge in [0.2, 0.25) is 0 Å². The summed E-state index contributed by atoms with van der Waals surface area (Å²) < 4.78 is 0. The molecule has 1 aromatic carbocycles. The normalized spacial score (nSPS) is 28.8. The SMILES string of the molecule is CC1(C)[C@H](N)[C@H]1c1cc(O)ccc1O. The summed E-state index contributed by atoms with van der Waals surface area (Å²) >= 11 is 0. The molecule has 0 bridgehead atoms. The molecule has 76 valence electrons. The maximum atomic E-state index is 9.63. The highest BCUT2D eigenvalue weighted by Gasteiger charge is 2.57. The van der Waals surface area contributed by atoms with Crippen molar-refractivity contribution in [3.63, 3.8) is 0 Å². The number of nitrogens with two attached hydrogens (primary N) is 1. The third-order valence-electron chi connectivity index (χ3n) is 3.26. The average molecular weight is 193 g/mol. The van der Waals surface area contributed by atoms with E-state index >= 15 is 0 Å². The van der Waals surface area contributed by atoms with Crippen LogP contribution < -0.4 is 5.73 Å². The third kappa shape index (κ3) is 1.16. The van der Waals surface area contributed by atoms with E-state index in [1.807, 2.05) is 0 Å². The van der Waals surface area contributed by atoms with E-state index in [1.165, 1.54) is 12.1 Å². The summed E-state index contributed by atoms with van der Waals surface area (Å²) in [6.07, 6.45) is 0. The third-order valence-corrected chi connectivity index (χ3v) is 3.26. The van der Waals surface area contributed by atoms with E-state index in [9.17, 15) is 10.2 Å². The molecule has 4 N–H and O–H groups in total. The quantitative estimate of drug-likeness (QED) is 0.593. The van der Waals surface area contributed by atoms with Crippen molar-refractivity contribution in [2.75, 3.05) is 0 Å². The van der Waals surface area contributed by atoms with Gasteiger partial charge in [0.1, 0.15) is 11.5 Å². The van der Waals surface area contributed by atoms with Gasteiger partial charge in [-0.3, -0.25) is 0 Å². The van der Waals surface area contributed by atoms with Crippen LogP contribution in [0.5, 0.6) is 11.5 Å². The molecule has 3 heteroatoms. The maximum Gasteiger partial charge on any atom is 0.119 e. The molecule has 0 aromatic heterocycles. The van der Waals surface area contributed by atoms with Crippen molar-refractivity contribution >= 4 is 0 Å². The molecule has 0 unspecified atom stereocenters. The molecule has 2 rings (SSSR count). The fourth-order valence-electron chi connectivity index (χ4n) is 2.06. The van der Waals surface area contributed by atoms with E-state index in [0.717, 1.165) is 5.56 Å². The Hall–Kier alpha value is -1.22. The van der Waals surface area contributed by atoms with Crippen LogP contribution in [0.3, 0.4) is 0 Å². The van der Waals surface area contributed by atoms with Crippen molar-refractivity contribution in [1.29, 1.82) is 0 Å². The van der Waals surface area contributed by atoms with Crippen LogP contribution in [0.2, 0.25) is 0 Å². The van der Waals surface area contributed by atoms with Crippen LogP contribution in [-0.2, 0) is 0 Å². The molecule has 14 heavy (non-hydrogen) atoms. The van der Waals surface area contributed by atoms with Crippen LogP contribution >= 0.6 is 0 Å². The molecule has 0 heterocycles. The second-order valence-electron chi connectivity index (χ2n) is 4.57. The number of benzene rings is 1. The van der Waals surface area contributed by atoms with Crippen molar-refractivity contribution in [3.8, 4) is 11.5 Å². The predicted molar refractivity (Wildman–Crippen MR) is 54.3 cm³/mol. The van der Waals surface area contributed by atoms with Crippen molar-refractivity contribution in [1.82, 2.24) is 0 Å². The Bertz CT molecular complexity index is 374. The Morgan fingerprint density at radius 3 is 2.36 bits per heavy atom. The molecule has 0 spiro atoms. The second kappa shape index (κ2) is 2.64. The smallest absolute Gasteiger partial charge is 0.119 e. The maximum absolute atomic E-state index is 9.63. The van der Waals surface area contributed by atoms with E-state index in [-0.39, 0.29) is 28.9 Å². The van der Waals surface area contributed by atoms with Gasteiger partial charge in [-0.05, 0) is 23.6 Å². The van der Waals surface area contributed by atoms with Gasteiger partial charge >= 0.3 is 0 Å². The summed E-state index contributed by atoms with van der Waals surface area (Å²) in [4.78, 5) is 0. The molecule has 1 aliphatic rings. The molecule has 3 nitrogen and oxygen atoms in total. The number of aromatic hydroxyl groups is 2. The molecule has 0 amide bonds. The molecule has 1 fully saturated rings. The number of phenolic OH excluding ortho intramolecular Hbond substituents is 2. The first-order valence-electron chi connectivity index (χ1n) is 4.72. The molecule has 2 atom stereocenters.